The summed E-state index contributed by atoms with van der Waals surface area (Å²) in [5.41, 5.74) is -0.179. The number of para-hydroxylation sites is 1. The standard InChI is InChI=1S/C17H13ClFN3O4/c18-13-10-12(22(24)25)6-7-16(13)26-11-17(23)21(9-3-8-20)15-5-2-1-4-14(15)19/h1-2,4-7,10H,3,9,11H2. The quantitative estimate of drug-likeness (QED) is 0.541. The summed E-state index contributed by atoms with van der Waals surface area (Å²) in [6.07, 6.45) is 0.0123. The van der Waals surface area contributed by atoms with E-state index in [1.54, 1.807) is 6.07 Å². The maximum atomic E-state index is 14.0. The van der Waals surface area contributed by atoms with Gasteiger partial charge in [-0.25, -0.2) is 4.39 Å². The highest BCUT2D eigenvalue weighted by Gasteiger charge is 2.20. The molecule has 7 nitrogen and oxygen atoms in total. The molecule has 0 aliphatic rings. The molecule has 0 atom stereocenters. The molecule has 0 bridgehead atoms. The van der Waals surface area contributed by atoms with E-state index in [4.69, 9.17) is 21.6 Å². The van der Waals surface area contributed by atoms with Gasteiger partial charge >= 0.3 is 0 Å². The number of amides is 1. The van der Waals surface area contributed by atoms with Gasteiger partial charge in [-0.1, -0.05) is 23.7 Å². The zero-order chi connectivity index (χ0) is 19.1. The Morgan fingerprint density at radius 1 is 1.35 bits per heavy atom. The third-order valence-electron chi connectivity index (χ3n) is 3.37. The van der Waals surface area contributed by atoms with Gasteiger partial charge in [-0.3, -0.25) is 14.9 Å². The summed E-state index contributed by atoms with van der Waals surface area (Å²) in [4.78, 5) is 23.6. The zero-order valence-corrected chi connectivity index (χ0v) is 14.1. The van der Waals surface area contributed by atoms with E-state index in [0.717, 1.165) is 11.0 Å². The van der Waals surface area contributed by atoms with Crippen LogP contribution in [0.15, 0.2) is 42.5 Å². The molecule has 0 unspecified atom stereocenters. The van der Waals surface area contributed by atoms with Crippen molar-refractivity contribution >= 4 is 28.9 Å². The molecule has 0 N–H and O–H groups in total. The van der Waals surface area contributed by atoms with Crippen LogP contribution in [0.5, 0.6) is 5.75 Å². The number of nitro groups is 1. The second-order valence-electron chi connectivity index (χ2n) is 5.07. The summed E-state index contributed by atoms with van der Waals surface area (Å²) in [6.45, 7) is -0.481. The number of carbonyl (C=O) groups excluding carboxylic acids is 1. The SMILES string of the molecule is N#CCCN(C(=O)COc1ccc([N+](=O)[O-])cc1Cl)c1ccccc1F. The first-order valence-electron chi connectivity index (χ1n) is 7.42. The topological polar surface area (TPSA) is 96.5 Å². The molecule has 1 amide bonds. The molecule has 0 aliphatic carbocycles. The Morgan fingerprint density at radius 2 is 2.08 bits per heavy atom. The number of hydrogen-bond donors (Lipinski definition) is 0. The van der Waals surface area contributed by atoms with E-state index in [1.807, 2.05) is 6.07 Å². The van der Waals surface area contributed by atoms with Gasteiger partial charge in [0.15, 0.2) is 6.61 Å². The van der Waals surface area contributed by atoms with E-state index in [9.17, 15) is 19.3 Å². The fraction of sp³-hybridized carbons (Fsp3) is 0.176. The van der Waals surface area contributed by atoms with E-state index in [2.05, 4.69) is 0 Å². The highest BCUT2D eigenvalue weighted by atomic mass is 35.5. The van der Waals surface area contributed by atoms with E-state index in [1.165, 1.54) is 30.3 Å². The monoisotopic (exact) mass is 377 g/mol. The zero-order valence-electron chi connectivity index (χ0n) is 13.4. The second-order valence-corrected chi connectivity index (χ2v) is 5.47. The van der Waals surface area contributed by atoms with Gasteiger partial charge in [0.05, 0.1) is 28.1 Å². The molecule has 9 heteroatoms. The summed E-state index contributed by atoms with van der Waals surface area (Å²) in [6, 6.07) is 11.1. The van der Waals surface area contributed by atoms with Gasteiger partial charge in [0.2, 0.25) is 0 Å². The number of halogens is 2. The van der Waals surface area contributed by atoms with Crippen molar-refractivity contribution in [3.05, 3.63) is 63.4 Å². The van der Waals surface area contributed by atoms with Crippen molar-refractivity contribution < 1.29 is 18.8 Å². The fourth-order valence-corrected chi connectivity index (χ4v) is 2.38. The molecule has 2 aromatic carbocycles. The van der Waals surface area contributed by atoms with Gasteiger partial charge in [-0.15, -0.1) is 0 Å². The maximum absolute atomic E-state index is 14.0. The minimum atomic E-state index is -0.609. The number of carbonyl (C=O) groups is 1. The molecule has 0 aliphatic heterocycles. The molecular weight excluding hydrogens is 365 g/mol. The van der Waals surface area contributed by atoms with E-state index in [-0.39, 0.29) is 35.1 Å². The first kappa shape index (κ1) is 19.1. The van der Waals surface area contributed by atoms with Crippen molar-refractivity contribution in [2.24, 2.45) is 0 Å². The molecule has 26 heavy (non-hydrogen) atoms. The number of ether oxygens (including phenoxy) is 1. The highest BCUT2D eigenvalue weighted by molar-refractivity contribution is 6.32. The Kier molecular flexibility index (Phi) is 6.47. The Bertz CT molecular complexity index is 869. The molecule has 0 aromatic heterocycles. The van der Waals surface area contributed by atoms with Crippen LogP contribution in [0.1, 0.15) is 6.42 Å². The summed E-state index contributed by atoms with van der Waals surface area (Å²) in [5.74, 6) is -1.11. The Balaban J connectivity index is 2.14. The van der Waals surface area contributed by atoms with Crippen molar-refractivity contribution in [2.75, 3.05) is 18.1 Å². The van der Waals surface area contributed by atoms with Crippen LogP contribution in [0.4, 0.5) is 15.8 Å². The molecule has 0 spiro atoms. The summed E-state index contributed by atoms with van der Waals surface area (Å²) in [7, 11) is 0. The van der Waals surface area contributed by atoms with Gasteiger partial charge in [-0.05, 0) is 18.2 Å². The third kappa shape index (κ3) is 4.68. The van der Waals surface area contributed by atoms with Crippen LogP contribution in [-0.4, -0.2) is 24.0 Å². The number of hydrogen-bond acceptors (Lipinski definition) is 5. The maximum Gasteiger partial charge on any atom is 0.271 e. The average Bonchev–Trinajstić information content (AvgIpc) is 2.62. The van der Waals surface area contributed by atoms with Crippen molar-refractivity contribution in [3.8, 4) is 11.8 Å². The minimum Gasteiger partial charge on any atom is -0.482 e. The van der Waals surface area contributed by atoms with E-state index < -0.39 is 23.3 Å². The first-order chi connectivity index (χ1) is 12.4. The second kappa shape index (κ2) is 8.78. The Hall–Kier alpha value is -3.18. The first-order valence-corrected chi connectivity index (χ1v) is 7.80. The van der Waals surface area contributed by atoms with Crippen molar-refractivity contribution in [1.82, 2.24) is 0 Å². The molecule has 0 saturated heterocycles. The van der Waals surface area contributed by atoms with Gasteiger partial charge in [0.25, 0.3) is 11.6 Å². The van der Waals surface area contributed by atoms with Crippen LogP contribution in [0.3, 0.4) is 0 Å². The molecule has 2 aromatic rings. The number of anilines is 1. The fourth-order valence-electron chi connectivity index (χ4n) is 2.15. The molecule has 134 valence electrons. The van der Waals surface area contributed by atoms with Crippen LogP contribution in [0.2, 0.25) is 5.02 Å². The lowest BCUT2D eigenvalue weighted by Gasteiger charge is -2.22. The average molecular weight is 378 g/mol. The Morgan fingerprint density at radius 3 is 2.69 bits per heavy atom. The molecule has 0 heterocycles. The lowest BCUT2D eigenvalue weighted by Crippen LogP contribution is -2.36. The summed E-state index contributed by atoms with van der Waals surface area (Å²) in [5, 5.41) is 19.4. The third-order valence-corrected chi connectivity index (χ3v) is 3.66. The molecule has 0 radical (unpaired) electrons. The van der Waals surface area contributed by atoms with Gasteiger partial charge < -0.3 is 9.64 Å². The summed E-state index contributed by atoms with van der Waals surface area (Å²) < 4.78 is 19.3. The molecule has 0 saturated carbocycles. The number of nitrogens with zero attached hydrogens (tertiary/aromatic N) is 3. The van der Waals surface area contributed by atoms with Gasteiger partial charge in [0, 0.05) is 18.7 Å². The predicted molar refractivity (Wildman–Crippen MR) is 92.6 cm³/mol. The number of nitriles is 1. The van der Waals surface area contributed by atoms with Gasteiger partial charge in [-0.2, -0.15) is 5.26 Å². The largest absolute Gasteiger partial charge is 0.482 e. The molecule has 2 rings (SSSR count). The lowest BCUT2D eigenvalue weighted by molar-refractivity contribution is -0.384. The van der Waals surface area contributed by atoms with Crippen molar-refractivity contribution in [1.29, 1.82) is 5.26 Å². The van der Waals surface area contributed by atoms with E-state index in [0.29, 0.717) is 0 Å². The van der Waals surface area contributed by atoms with Crippen LogP contribution >= 0.6 is 11.6 Å². The molecular formula is C17H13ClFN3O4. The van der Waals surface area contributed by atoms with Crippen LogP contribution in [-0.2, 0) is 4.79 Å². The van der Waals surface area contributed by atoms with Gasteiger partial charge in [0.1, 0.15) is 11.6 Å². The minimum absolute atomic E-state index is 0.00633. The Labute approximate surface area is 153 Å². The van der Waals surface area contributed by atoms with Crippen molar-refractivity contribution in [2.45, 2.75) is 6.42 Å². The van der Waals surface area contributed by atoms with Crippen molar-refractivity contribution in [3.63, 3.8) is 0 Å². The summed E-state index contributed by atoms with van der Waals surface area (Å²) >= 11 is 5.90. The smallest absolute Gasteiger partial charge is 0.271 e. The predicted octanol–water partition coefficient (Wildman–Crippen LogP) is 3.71. The van der Waals surface area contributed by atoms with Crippen LogP contribution in [0, 0.1) is 27.3 Å². The lowest BCUT2D eigenvalue weighted by atomic mass is 10.2. The number of non-ortho nitro benzene ring substituents is 1. The number of benzene rings is 2. The van der Waals surface area contributed by atoms with Crippen LogP contribution in [0.25, 0.3) is 0 Å². The number of rotatable bonds is 7. The van der Waals surface area contributed by atoms with E-state index >= 15 is 0 Å². The normalized spacial score (nSPS) is 10.0. The molecule has 0 fully saturated rings. The number of nitro benzene ring substituents is 1. The van der Waals surface area contributed by atoms with Crippen LogP contribution < -0.4 is 9.64 Å². The highest BCUT2D eigenvalue weighted by Crippen LogP contribution is 2.29.